The molecule has 2 fully saturated rings. The van der Waals surface area contributed by atoms with E-state index in [1.165, 1.54) is 0 Å². The maximum Gasteiger partial charge on any atom is 0.257 e. The third-order valence-electron chi connectivity index (χ3n) is 8.09. The smallest absolute Gasteiger partial charge is 0.257 e. The molecule has 0 aliphatic carbocycles. The molecule has 10 nitrogen and oxygen atoms in total. The maximum absolute atomic E-state index is 13.2. The monoisotopic (exact) mass is 600 g/mol. The second kappa shape index (κ2) is 13.8. The van der Waals surface area contributed by atoms with Gasteiger partial charge in [0, 0.05) is 37.7 Å². The van der Waals surface area contributed by atoms with Crippen LogP contribution in [0.3, 0.4) is 0 Å². The van der Waals surface area contributed by atoms with E-state index in [4.69, 9.17) is 18.9 Å². The minimum Gasteiger partial charge on any atom is -0.493 e. The molecule has 0 N–H and O–H groups in total. The van der Waals surface area contributed by atoms with Gasteiger partial charge in [0.1, 0.15) is 0 Å². The lowest BCUT2D eigenvalue weighted by Crippen LogP contribution is -2.35. The van der Waals surface area contributed by atoms with Gasteiger partial charge in [-0.05, 0) is 56.7 Å². The van der Waals surface area contributed by atoms with Crippen LogP contribution in [0.5, 0.6) is 23.0 Å². The van der Waals surface area contributed by atoms with Crippen molar-refractivity contribution < 1.29 is 28.5 Å². The average molecular weight is 601 g/mol. The maximum atomic E-state index is 13.2. The molecule has 0 radical (unpaired) electrons. The number of amides is 2. The van der Waals surface area contributed by atoms with Crippen molar-refractivity contribution in [3.8, 4) is 23.0 Å². The Hall–Kier alpha value is -4.60. The topological polar surface area (TPSA) is 102 Å². The molecule has 232 valence electrons. The molecule has 3 heterocycles. The first-order valence-electron chi connectivity index (χ1n) is 14.9. The number of fused-ring (bicyclic) bond motifs is 2. The Morgan fingerprint density at radius 3 is 2.32 bits per heavy atom. The highest BCUT2D eigenvalue weighted by molar-refractivity contribution is 6.03. The molecule has 0 saturated carbocycles. The molecule has 2 amide bonds. The summed E-state index contributed by atoms with van der Waals surface area (Å²) in [4.78, 5) is 37.3. The van der Waals surface area contributed by atoms with Crippen LogP contribution in [0, 0.1) is 6.92 Å². The van der Waals surface area contributed by atoms with Gasteiger partial charge in [0.2, 0.25) is 6.41 Å². The fraction of sp³-hybridized carbons (Fsp3) is 0.412. The zero-order chi connectivity index (χ0) is 31.2. The van der Waals surface area contributed by atoms with Crippen LogP contribution in [0.15, 0.2) is 58.6 Å². The summed E-state index contributed by atoms with van der Waals surface area (Å²) in [5.41, 5.74) is 4.86. The van der Waals surface area contributed by atoms with E-state index in [1.54, 1.807) is 42.4 Å². The molecule has 1 unspecified atom stereocenters. The number of ether oxygens (including phenoxy) is 4. The van der Waals surface area contributed by atoms with E-state index in [1.807, 2.05) is 25.3 Å². The second-order valence-electron chi connectivity index (χ2n) is 11.4. The first-order valence-corrected chi connectivity index (χ1v) is 14.9. The molecule has 0 aromatic heterocycles. The van der Waals surface area contributed by atoms with Crippen LogP contribution in [0.4, 0.5) is 11.4 Å². The molecule has 2 aromatic carbocycles. The molecule has 2 saturated heterocycles. The molecule has 10 heteroatoms. The van der Waals surface area contributed by atoms with Crippen molar-refractivity contribution in [2.24, 2.45) is 9.98 Å². The van der Waals surface area contributed by atoms with Crippen molar-refractivity contribution in [1.82, 2.24) is 9.80 Å². The lowest BCUT2D eigenvalue weighted by molar-refractivity contribution is -0.117. The van der Waals surface area contributed by atoms with E-state index >= 15 is 0 Å². The van der Waals surface area contributed by atoms with E-state index in [0.717, 1.165) is 54.5 Å². The number of carbonyl (C=O) groups excluding carboxylic acids is 2. The summed E-state index contributed by atoms with van der Waals surface area (Å²) in [7, 11) is 3.19. The number of rotatable bonds is 13. The van der Waals surface area contributed by atoms with Gasteiger partial charge in [0.15, 0.2) is 23.0 Å². The summed E-state index contributed by atoms with van der Waals surface area (Å²) in [5, 5.41) is 0. The molecule has 44 heavy (non-hydrogen) atoms. The fourth-order valence-electron chi connectivity index (χ4n) is 5.69. The number of benzene rings is 2. The predicted molar refractivity (Wildman–Crippen MR) is 171 cm³/mol. The predicted octanol–water partition coefficient (Wildman–Crippen LogP) is 5.62. The van der Waals surface area contributed by atoms with Gasteiger partial charge in [-0.2, -0.15) is 0 Å². The van der Waals surface area contributed by atoms with Crippen molar-refractivity contribution in [2.45, 2.75) is 51.1 Å². The Balaban J connectivity index is 1.12. The van der Waals surface area contributed by atoms with Crippen molar-refractivity contribution in [3.63, 3.8) is 0 Å². The molecular formula is C34H40N4O6. The normalized spacial score (nSPS) is 19.3. The zero-order valence-electron chi connectivity index (χ0n) is 25.7. The summed E-state index contributed by atoms with van der Waals surface area (Å²) in [6.45, 7) is 12.1. The summed E-state index contributed by atoms with van der Waals surface area (Å²) >= 11 is 0. The third-order valence-corrected chi connectivity index (χ3v) is 8.09. The Kier molecular flexibility index (Phi) is 9.67. The van der Waals surface area contributed by atoms with Gasteiger partial charge in [0.25, 0.3) is 5.91 Å². The number of carbonyl (C=O) groups is 2. The SMILES string of the molecule is C=C1CC(/C=N\c2cc(OCCCCCOc3cc4c(cc3OC)C(=O)N3CC(=C)C[C@H]3C=N4)c(OC)cc2C)N(C=O)C1. The van der Waals surface area contributed by atoms with Gasteiger partial charge in [0.05, 0.1) is 56.5 Å². The van der Waals surface area contributed by atoms with Crippen LogP contribution in [0.2, 0.25) is 0 Å². The van der Waals surface area contributed by atoms with Crippen molar-refractivity contribution in [3.05, 3.63) is 59.7 Å². The van der Waals surface area contributed by atoms with Gasteiger partial charge < -0.3 is 28.7 Å². The van der Waals surface area contributed by atoms with Crippen LogP contribution >= 0.6 is 0 Å². The van der Waals surface area contributed by atoms with Crippen molar-refractivity contribution in [2.75, 3.05) is 40.5 Å². The van der Waals surface area contributed by atoms with Crippen LogP contribution in [-0.2, 0) is 4.79 Å². The van der Waals surface area contributed by atoms with Crippen LogP contribution < -0.4 is 18.9 Å². The molecule has 2 atom stereocenters. The molecule has 3 aliphatic rings. The molecule has 0 bridgehead atoms. The van der Waals surface area contributed by atoms with E-state index < -0.39 is 0 Å². The molecular weight excluding hydrogens is 560 g/mol. The number of unbranched alkanes of at least 4 members (excludes halogenated alkanes) is 2. The number of aliphatic imine (C=N–C) groups is 2. The number of methoxy groups -OCH3 is 2. The Morgan fingerprint density at radius 1 is 0.932 bits per heavy atom. The minimum atomic E-state index is -0.0901. The van der Waals surface area contributed by atoms with Gasteiger partial charge >= 0.3 is 0 Å². The first-order chi connectivity index (χ1) is 21.3. The molecule has 5 rings (SSSR count). The molecule has 2 aromatic rings. The van der Waals surface area contributed by atoms with Crippen LogP contribution in [0.1, 0.15) is 48.0 Å². The molecule has 0 spiro atoms. The summed E-state index contributed by atoms with van der Waals surface area (Å²) in [5.74, 6) is 2.28. The highest BCUT2D eigenvalue weighted by Crippen LogP contribution is 2.39. The van der Waals surface area contributed by atoms with E-state index in [2.05, 4.69) is 23.1 Å². The first kappa shape index (κ1) is 30.8. The number of hydrogen-bond acceptors (Lipinski definition) is 8. The van der Waals surface area contributed by atoms with Crippen molar-refractivity contribution in [1.29, 1.82) is 0 Å². The fourth-order valence-corrected chi connectivity index (χ4v) is 5.69. The third kappa shape index (κ3) is 6.79. The van der Waals surface area contributed by atoms with Crippen molar-refractivity contribution >= 4 is 36.1 Å². The average Bonchev–Trinajstić information content (AvgIpc) is 3.55. The van der Waals surface area contributed by atoms with Gasteiger partial charge in [-0.1, -0.05) is 24.3 Å². The quantitative estimate of drug-likeness (QED) is 0.128. The largest absolute Gasteiger partial charge is 0.493 e. The van der Waals surface area contributed by atoms with Crippen LogP contribution in [-0.4, -0.2) is 87.2 Å². The number of aryl methyl sites for hydroxylation is 1. The lowest BCUT2D eigenvalue weighted by atomic mass is 10.1. The van der Waals surface area contributed by atoms with E-state index in [-0.39, 0.29) is 18.0 Å². The summed E-state index contributed by atoms with van der Waals surface area (Å²) in [6, 6.07) is 7.14. The lowest BCUT2D eigenvalue weighted by Gasteiger charge is -2.20. The van der Waals surface area contributed by atoms with Gasteiger partial charge in [-0.3, -0.25) is 19.6 Å². The highest BCUT2D eigenvalue weighted by atomic mass is 16.5. The highest BCUT2D eigenvalue weighted by Gasteiger charge is 2.34. The minimum absolute atomic E-state index is 0.0636. The zero-order valence-corrected chi connectivity index (χ0v) is 25.7. The summed E-state index contributed by atoms with van der Waals surface area (Å²) < 4.78 is 23.2. The molecule has 3 aliphatic heterocycles. The van der Waals surface area contributed by atoms with Gasteiger partial charge in [-0.25, -0.2) is 0 Å². The number of likely N-dealkylation sites (tertiary alicyclic amines) is 1. The Morgan fingerprint density at radius 2 is 1.61 bits per heavy atom. The number of nitrogens with zero attached hydrogens (tertiary/aromatic N) is 4. The standard InChI is InChI=1S/C34H40N4O6/c1-22-11-25(37(19-22)21-39)17-35-28-15-32(30(41-4)13-24(28)3)43-9-7-6-8-10-44-33-16-29-27(14-31(33)42-5)34(40)38-20-23(2)12-26(38)18-36-29/h13-18,21,25-26H,1-2,6-12,19-20H2,3-5H3/b35-17-/t25?,26-/m0/s1. The number of hydrogen-bond donors (Lipinski definition) is 0. The summed E-state index contributed by atoms with van der Waals surface area (Å²) in [6.07, 6.45) is 8.43. The Bertz CT molecular complexity index is 1500. The second-order valence-corrected chi connectivity index (χ2v) is 11.4. The van der Waals surface area contributed by atoms with E-state index in [9.17, 15) is 9.59 Å². The van der Waals surface area contributed by atoms with E-state index in [0.29, 0.717) is 67.0 Å². The Labute approximate surface area is 258 Å². The van der Waals surface area contributed by atoms with Crippen LogP contribution in [0.25, 0.3) is 0 Å². The van der Waals surface area contributed by atoms with Gasteiger partial charge in [-0.15, -0.1) is 0 Å².